The van der Waals surface area contributed by atoms with Crippen molar-refractivity contribution in [1.82, 2.24) is 0 Å². The lowest BCUT2D eigenvalue weighted by Crippen LogP contribution is -2.13. The number of hydrogen-bond donors (Lipinski definition) is 1. The van der Waals surface area contributed by atoms with E-state index >= 15 is 0 Å². The van der Waals surface area contributed by atoms with Crippen molar-refractivity contribution in [2.45, 2.75) is 12.8 Å². The molecular weight excluding hydrogens is 140 g/mol. The second kappa shape index (κ2) is 1.74. The van der Waals surface area contributed by atoms with Gasteiger partial charge in [0.05, 0.1) is 0 Å². The summed E-state index contributed by atoms with van der Waals surface area (Å²) in [6.45, 7) is 3.40. The van der Waals surface area contributed by atoms with Crippen LogP contribution in [0.1, 0.15) is 12.8 Å². The van der Waals surface area contributed by atoms with E-state index in [9.17, 15) is 4.79 Å². The molecule has 50 valence electrons. The first-order chi connectivity index (χ1) is 4.09. The molecule has 0 aromatic rings. The van der Waals surface area contributed by atoms with Crippen LogP contribution < -0.4 is 0 Å². The normalized spacial score (nSPS) is 21.0. The van der Waals surface area contributed by atoms with Crippen molar-refractivity contribution >= 4 is 17.6 Å². The van der Waals surface area contributed by atoms with Crippen LogP contribution in [-0.4, -0.2) is 11.1 Å². The van der Waals surface area contributed by atoms with Crippen molar-refractivity contribution in [2.24, 2.45) is 5.41 Å². The lowest BCUT2D eigenvalue weighted by atomic mass is 10.1. The van der Waals surface area contributed by atoms with Crippen molar-refractivity contribution in [3.63, 3.8) is 0 Å². The molecule has 1 aliphatic rings. The van der Waals surface area contributed by atoms with Gasteiger partial charge in [-0.2, -0.15) is 0 Å². The highest BCUT2D eigenvalue weighted by Gasteiger charge is 2.52. The van der Waals surface area contributed by atoms with E-state index in [0.29, 0.717) is 12.8 Å². The van der Waals surface area contributed by atoms with E-state index in [1.807, 2.05) is 0 Å². The van der Waals surface area contributed by atoms with Crippen molar-refractivity contribution in [2.75, 3.05) is 0 Å². The van der Waals surface area contributed by atoms with Gasteiger partial charge in [-0.1, -0.05) is 18.2 Å². The van der Waals surface area contributed by atoms with Gasteiger partial charge in [-0.05, 0) is 12.8 Å². The minimum atomic E-state index is -0.845. The van der Waals surface area contributed by atoms with Crippen molar-refractivity contribution in [1.29, 1.82) is 0 Å². The molecule has 1 saturated carbocycles. The third-order valence-corrected chi connectivity index (χ3v) is 2.04. The Morgan fingerprint density at radius 3 is 2.11 bits per heavy atom. The van der Waals surface area contributed by atoms with Crippen LogP contribution in [0.15, 0.2) is 11.6 Å². The third kappa shape index (κ3) is 0.833. The zero-order valence-electron chi connectivity index (χ0n) is 4.85. The number of carbonyl (C=O) groups is 1. The fourth-order valence-electron chi connectivity index (χ4n) is 0.726. The molecule has 0 amide bonds. The second-order valence-corrected chi connectivity index (χ2v) is 2.75. The number of rotatable bonds is 2. The lowest BCUT2D eigenvalue weighted by molar-refractivity contribution is -0.141. The Labute approximate surface area is 58.1 Å². The van der Waals surface area contributed by atoms with Gasteiger partial charge in [0.2, 0.25) is 0 Å². The first kappa shape index (κ1) is 6.62. The Morgan fingerprint density at radius 1 is 1.67 bits per heavy atom. The van der Waals surface area contributed by atoms with Crippen LogP contribution in [0.25, 0.3) is 0 Å². The maximum Gasteiger partial charge on any atom is 0.315 e. The predicted molar refractivity (Wildman–Crippen MR) is 34.3 cm³/mol. The van der Waals surface area contributed by atoms with Crippen LogP contribution in [0.3, 0.4) is 0 Å². The van der Waals surface area contributed by atoms with Gasteiger partial charge < -0.3 is 5.11 Å². The molecule has 0 aromatic carbocycles. The molecule has 9 heavy (non-hydrogen) atoms. The number of aliphatic carboxylic acids is 1. The molecular formula is C6H7ClO2. The van der Waals surface area contributed by atoms with Crippen molar-refractivity contribution in [3.05, 3.63) is 11.6 Å². The molecule has 3 heteroatoms. The van der Waals surface area contributed by atoms with E-state index in [1.54, 1.807) is 0 Å². The molecule has 0 aliphatic heterocycles. The largest absolute Gasteiger partial charge is 0.481 e. The summed E-state index contributed by atoms with van der Waals surface area (Å²) >= 11 is 5.45. The number of hydrogen-bond acceptors (Lipinski definition) is 1. The minimum absolute atomic E-state index is 0.259. The van der Waals surface area contributed by atoms with Crippen LogP contribution >= 0.6 is 11.6 Å². The lowest BCUT2D eigenvalue weighted by Gasteiger charge is -2.03. The molecule has 2 nitrogen and oxygen atoms in total. The average Bonchev–Trinajstić information content (AvgIpc) is 2.40. The quantitative estimate of drug-likeness (QED) is 0.643. The van der Waals surface area contributed by atoms with E-state index in [4.69, 9.17) is 16.7 Å². The summed E-state index contributed by atoms with van der Waals surface area (Å²) in [5, 5.41) is 8.79. The van der Waals surface area contributed by atoms with Crippen LogP contribution in [0.5, 0.6) is 0 Å². The van der Waals surface area contributed by atoms with Gasteiger partial charge in [0.15, 0.2) is 0 Å². The van der Waals surface area contributed by atoms with E-state index in [1.165, 1.54) is 0 Å². The van der Waals surface area contributed by atoms with E-state index < -0.39 is 11.4 Å². The van der Waals surface area contributed by atoms with Crippen LogP contribution in [0.2, 0.25) is 0 Å². The summed E-state index contributed by atoms with van der Waals surface area (Å²) in [7, 11) is 0. The van der Waals surface area contributed by atoms with Gasteiger partial charge in [-0.15, -0.1) is 0 Å². The molecule has 0 atom stereocenters. The van der Waals surface area contributed by atoms with E-state index in [0.717, 1.165) is 0 Å². The topological polar surface area (TPSA) is 37.3 Å². The van der Waals surface area contributed by atoms with Gasteiger partial charge in [0.1, 0.15) is 5.41 Å². The Kier molecular flexibility index (Phi) is 1.28. The number of halogens is 1. The molecule has 0 bridgehead atoms. The van der Waals surface area contributed by atoms with E-state index in [-0.39, 0.29) is 5.03 Å². The number of carboxylic acids is 1. The summed E-state index contributed by atoms with van der Waals surface area (Å²) in [6.07, 6.45) is 1.29. The average molecular weight is 147 g/mol. The molecule has 0 radical (unpaired) electrons. The Balaban J connectivity index is 2.75. The highest BCUT2D eigenvalue weighted by atomic mass is 35.5. The van der Waals surface area contributed by atoms with Crippen molar-refractivity contribution in [3.8, 4) is 0 Å². The molecule has 0 saturated heterocycles. The van der Waals surface area contributed by atoms with E-state index in [2.05, 4.69) is 6.58 Å². The predicted octanol–water partition coefficient (Wildman–Crippen LogP) is 1.60. The fourth-order valence-corrected chi connectivity index (χ4v) is 0.996. The summed E-state index contributed by atoms with van der Waals surface area (Å²) in [6, 6.07) is 0. The minimum Gasteiger partial charge on any atom is -0.481 e. The maximum atomic E-state index is 10.4. The Morgan fingerprint density at radius 2 is 2.11 bits per heavy atom. The Hall–Kier alpha value is -0.500. The summed E-state index contributed by atoms with van der Waals surface area (Å²) < 4.78 is 0. The first-order valence-corrected chi connectivity index (χ1v) is 3.06. The fraction of sp³-hybridized carbons (Fsp3) is 0.500. The molecule has 1 rings (SSSR count). The number of carboxylic acid groups (broad SMARTS) is 1. The van der Waals surface area contributed by atoms with Crippen molar-refractivity contribution < 1.29 is 9.90 Å². The van der Waals surface area contributed by atoms with Gasteiger partial charge in [-0.3, -0.25) is 4.79 Å². The zero-order chi connectivity index (χ0) is 7.07. The molecule has 0 spiro atoms. The summed E-state index contributed by atoms with van der Waals surface area (Å²) in [4.78, 5) is 10.4. The van der Waals surface area contributed by atoms with Gasteiger partial charge in [0.25, 0.3) is 0 Å². The SMILES string of the molecule is C=C(Cl)C1(C(=O)O)CC1. The second-order valence-electron chi connectivity index (χ2n) is 2.29. The van der Waals surface area contributed by atoms with Gasteiger partial charge in [-0.25, -0.2) is 0 Å². The molecule has 0 unspecified atom stereocenters. The van der Waals surface area contributed by atoms with Crippen LogP contribution in [-0.2, 0) is 4.79 Å². The third-order valence-electron chi connectivity index (χ3n) is 1.68. The summed E-state index contributed by atoms with van der Waals surface area (Å²) in [5.41, 5.74) is -0.762. The van der Waals surface area contributed by atoms with Gasteiger partial charge in [0, 0.05) is 5.03 Å². The monoisotopic (exact) mass is 146 g/mol. The highest BCUT2D eigenvalue weighted by molar-refractivity contribution is 6.32. The van der Waals surface area contributed by atoms with Gasteiger partial charge >= 0.3 is 5.97 Å². The molecule has 1 fully saturated rings. The Bertz CT molecular complexity index is 154. The first-order valence-electron chi connectivity index (χ1n) is 2.68. The maximum absolute atomic E-state index is 10.4. The summed E-state index contributed by atoms with van der Waals surface area (Å²) in [5.74, 6) is -0.845. The molecule has 0 heterocycles. The zero-order valence-corrected chi connectivity index (χ0v) is 5.61. The molecule has 1 N–H and O–H groups in total. The smallest absolute Gasteiger partial charge is 0.315 e. The van der Waals surface area contributed by atoms with Crippen LogP contribution in [0, 0.1) is 5.41 Å². The molecule has 0 aromatic heterocycles. The van der Waals surface area contributed by atoms with Crippen LogP contribution in [0.4, 0.5) is 0 Å². The molecule has 1 aliphatic carbocycles. The standard InChI is InChI=1S/C6H7ClO2/c1-4(7)6(2-3-6)5(8)9/h1-3H2,(H,8,9). The highest BCUT2D eigenvalue weighted by Crippen LogP contribution is 2.52.